The lowest BCUT2D eigenvalue weighted by atomic mass is 10.0. The number of carbonyl (C=O) groups is 1. The number of hydrogen-bond donors (Lipinski definition) is 4. The van der Waals surface area contributed by atoms with Crippen LogP contribution in [-0.2, 0) is 0 Å². The van der Waals surface area contributed by atoms with Gasteiger partial charge in [0.15, 0.2) is 5.78 Å². The normalized spacial score (nSPS) is 11.3. The first-order valence-electron chi connectivity index (χ1n) is 27.4. The second kappa shape index (κ2) is 44.6. The largest absolute Gasteiger partial charge is 0.493 e. The molecule has 0 aromatic heterocycles. The number of unbranched alkanes of at least 4 members (excludes halogenated alkanes) is 32. The average Bonchev–Trinajstić information content (AvgIpc) is 3.33. The molecule has 9 nitrogen and oxygen atoms in total. The quantitative estimate of drug-likeness (QED) is 0.0378. The Morgan fingerprint density at radius 3 is 0.742 bits per heavy atom. The summed E-state index contributed by atoms with van der Waals surface area (Å²) in [4.78, 5) is 14.5. The molecule has 0 unspecified atom stereocenters. The number of ketones is 1. The molecule has 0 spiro atoms. The molecule has 0 saturated carbocycles. The minimum atomic E-state index is -0.131. The topological polar surface area (TPSA) is 135 Å². The smallest absolute Gasteiger partial charge is 0.200 e. The molecule has 4 N–H and O–H groups in total. The molecule has 2 aromatic rings. The monoisotopic (exact) mass is 927 g/mol. The molecule has 0 amide bonds. The van der Waals surface area contributed by atoms with Crippen molar-refractivity contribution < 1.29 is 44.2 Å². The van der Waals surface area contributed by atoms with Crippen LogP contribution < -0.4 is 18.9 Å². The first kappa shape index (κ1) is 59.3. The summed E-state index contributed by atoms with van der Waals surface area (Å²) in [7, 11) is 0. The van der Waals surface area contributed by atoms with E-state index in [1.807, 2.05) is 36.4 Å². The second-order valence-electron chi connectivity index (χ2n) is 18.7. The molecule has 0 atom stereocenters. The van der Waals surface area contributed by atoms with Gasteiger partial charge < -0.3 is 39.4 Å². The van der Waals surface area contributed by atoms with Crippen LogP contribution >= 0.6 is 0 Å². The van der Waals surface area contributed by atoms with Gasteiger partial charge >= 0.3 is 0 Å². The van der Waals surface area contributed by atoms with E-state index in [0.29, 0.717) is 62.3 Å². The summed E-state index contributed by atoms with van der Waals surface area (Å²) in [5, 5.41) is 36.0. The SMILES string of the molecule is O=C(c1ccc(OCCCCCCCCCCCO)cc1OCCCCCCCCCCCO)c1ccc(OCCCCCCCCCCCO)cc1OCCCCCCCCCCCO. The summed E-state index contributed by atoms with van der Waals surface area (Å²) in [6, 6.07) is 11.3. The van der Waals surface area contributed by atoms with E-state index < -0.39 is 0 Å². The van der Waals surface area contributed by atoms with Crippen LogP contribution in [-0.4, -0.2) is 79.1 Å². The van der Waals surface area contributed by atoms with Crippen LogP contribution in [0.1, 0.15) is 247 Å². The Kier molecular flexibility index (Phi) is 40.1. The van der Waals surface area contributed by atoms with Crippen molar-refractivity contribution >= 4 is 5.78 Å². The molecule has 0 fully saturated rings. The molecule has 0 saturated heterocycles. The molecule has 380 valence electrons. The van der Waals surface area contributed by atoms with E-state index in [-0.39, 0.29) is 19.0 Å². The third-order valence-corrected chi connectivity index (χ3v) is 12.7. The van der Waals surface area contributed by atoms with Gasteiger partial charge in [-0.3, -0.25) is 4.79 Å². The summed E-state index contributed by atoms with van der Waals surface area (Å²) in [5.41, 5.74) is 1.02. The fourth-order valence-electron chi connectivity index (χ4n) is 8.49. The zero-order chi connectivity index (χ0) is 47.2. The van der Waals surface area contributed by atoms with Gasteiger partial charge in [0, 0.05) is 38.6 Å². The van der Waals surface area contributed by atoms with Gasteiger partial charge in [0.05, 0.1) is 37.6 Å². The molecular formula is C57H98O9. The highest BCUT2D eigenvalue weighted by molar-refractivity contribution is 6.12. The van der Waals surface area contributed by atoms with Crippen molar-refractivity contribution in [3.05, 3.63) is 47.5 Å². The van der Waals surface area contributed by atoms with Crippen LogP contribution in [0, 0.1) is 0 Å². The number of hydrogen-bond acceptors (Lipinski definition) is 9. The molecule has 0 bridgehead atoms. The Hall–Kier alpha value is -2.85. The number of aliphatic hydroxyl groups excluding tert-OH is 4. The molecule has 0 radical (unpaired) electrons. The Balaban J connectivity index is 2.07. The highest BCUT2D eigenvalue weighted by Gasteiger charge is 2.21. The van der Waals surface area contributed by atoms with E-state index in [1.54, 1.807) is 0 Å². The molecule has 9 heteroatoms. The summed E-state index contributed by atoms with van der Waals surface area (Å²) >= 11 is 0. The highest BCUT2D eigenvalue weighted by Crippen LogP contribution is 2.33. The maximum absolute atomic E-state index is 14.5. The third kappa shape index (κ3) is 32.0. The zero-order valence-corrected chi connectivity index (χ0v) is 41.9. The van der Waals surface area contributed by atoms with E-state index in [0.717, 1.165) is 127 Å². The predicted molar refractivity (Wildman–Crippen MR) is 273 cm³/mol. The van der Waals surface area contributed by atoms with Crippen LogP contribution in [0.15, 0.2) is 36.4 Å². The van der Waals surface area contributed by atoms with Crippen molar-refractivity contribution in [3.8, 4) is 23.0 Å². The van der Waals surface area contributed by atoms with Crippen molar-refractivity contribution in [2.24, 2.45) is 0 Å². The van der Waals surface area contributed by atoms with E-state index >= 15 is 0 Å². The number of rotatable bonds is 50. The molecule has 0 heterocycles. The highest BCUT2D eigenvalue weighted by atomic mass is 16.5. The number of aliphatic hydroxyl groups is 4. The predicted octanol–water partition coefficient (Wildman–Crippen LogP) is 14.4. The number of benzene rings is 2. The van der Waals surface area contributed by atoms with Gasteiger partial charge in [0.1, 0.15) is 23.0 Å². The molecule has 0 aliphatic rings. The fraction of sp³-hybridized carbons (Fsp3) is 0.772. The first-order chi connectivity index (χ1) is 32.6. The molecule has 0 aliphatic carbocycles. The minimum Gasteiger partial charge on any atom is -0.493 e. The van der Waals surface area contributed by atoms with Gasteiger partial charge in [-0.1, -0.05) is 180 Å². The molecule has 0 aliphatic heterocycles. The lowest BCUT2D eigenvalue weighted by molar-refractivity contribution is 0.103. The summed E-state index contributed by atoms with van der Waals surface area (Å²) in [6.07, 6.45) is 40.6. The lowest BCUT2D eigenvalue weighted by Gasteiger charge is -2.16. The number of carbonyl (C=O) groups excluding carboxylic acids is 1. The second-order valence-corrected chi connectivity index (χ2v) is 18.7. The summed E-state index contributed by atoms with van der Waals surface area (Å²) in [6.45, 7) is 3.48. The van der Waals surface area contributed by atoms with Crippen molar-refractivity contribution in [1.29, 1.82) is 0 Å². The molecular weight excluding hydrogens is 829 g/mol. The third-order valence-electron chi connectivity index (χ3n) is 12.7. The molecule has 2 aromatic carbocycles. The average molecular weight is 927 g/mol. The summed E-state index contributed by atoms with van der Waals surface area (Å²) in [5.74, 6) is 2.41. The van der Waals surface area contributed by atoms with Gasteiger partial charge in [0.25, 0.3) is 0 Å². The maximum Gasteiger partial charge on any atom is 0.200 e. The van der Waals surface area contributed by atoms with Crippen LogP contribution in [0.5, 0.6) is 23.0 Å². The van der Waals surface area contributed by atoms with Crippen LogP contribution in [0.3, 0.4) is 0 Å². The van der Waals surface area contributed by atoms with Gasteiger partial charge in [-0.25, -0.2) is 0 Å². The van der Waals surface area contributed by atoms with Crippen molar-refractivity contribution in [3.63, 3.8) is 0 Å². The maximum atomic E-state index is 14.5. The zero-order valence-electron chi connectivity index (χ0n) is 41.9. The van der Waals surface area contributed by atoms with Gasteiger partial charge in [-0.05, 0) is 75.6 Å². The van der Waals surface area contributed by atoms with Crippen LogP contribution in [0.2, 0.25) is 0 Å². The standard InChI is InChI=1S/C57H98O9/c58-41-29-21-13-5-1-9-17-25-33-45-63-51-37-39-53(55(49-51)65-47-35-27-19-11-3-7-15-23-31-43-60)57(62)54-40-38-52(64-46-34-26-18-10-2-6-14-22-30-42-59)50-56(54)66-48-36-28-20-12-4-8-16-24-32-44-61/h37-40,49-50,58-61H,1-36,41-48H2. The van der Waals surface area contributed by atoms with Gasteiger partial charge in [-0.15, -0.1) is 0 Å². The molecule has 66 heavy (non-hydrogen) atoms. The van der Waals surface area contributed by atoms with Crippen molar-refractivity contribution in [2.45, 2.75) is 231 Å². The van der Waals surface area contributed by atoms with Crippen LogP contribution in [0.4, 0.5) is 0 Å². The Morgan fingerprint density at radius 1 is 0.288 bits per heavy atom. The van der Waals surface area contributed by atoms with Gasteiger partial charge in [-0.2, -0.15) is 0 Å². The van der Waals surface area contributed by atoms with Gasteiger partial charge in [0.2, 0.25) is 0 Å². The van der Waals surface area contributed by atoms with Crippen molar-refractivity contribution in [2.75, 3.05) is 52.9 Å². The Labute approximate surface area is 403 Å². The minimum absolute atomic E-state index is 0.131. The van der Waals surface area contributed by atoms with E-state index in [2.05, 4.69) is 0 Å². The Morgan fingerprint density at radius 2 is 0.500 bits per heavy atom. The van der Waals surface area contributed by atoms with Crippen molar-refractivity contribution in [1.82, 2.24) is 0 Å². The van der Waals surface area contributed by atoms with E-state index in [1.165, 1.54) is 116 Å². The molecule has 2 rings (SSSR count). The van der Waals surface area contributed by atoms with E-state index in [4.69, 9.17) is 39.4 Å². The number of ether oxygens (including phenoxy) is 4. The summed E-state index contributed by atoms with van der Waals surface area (Å²) < 4.78 is 25.3. The first-order valence-corrected chi connectivity index (χ1v) is 27.4. The van der Waals surface area contributed by atoms with E-state index in [9.17, 15) is 4.79 Å². The van der Waals surface area contributed by atoms with Crippen LogP contribution in [0.25, 0.3) is 0 Å². The Bertz CT molecular complexity index is 1280. The fourth-order valence-corrected chi connectivity index (χ4v) is 8.49. The lowest BCUT2D eigenvalue weighted by Crippen LogP contribution is -2.10.